The maximum atomic E-state index is 12.4. The summed E-state index contributed by atoms with van der Waals surface area (Å²) in [5, 5.41) is 6.05. The Labute approximate surface area is 147 Å². The first kappa shape index (κ1) is 19.9. The van der Waals surface area contributed by atoms with Gasteiger partial charge in [-0.2, -0.15) is 26.3 Å². The Bertz CT molecular complexity index is 613. The molecule has 2 nitrogen and oxygen atoms in total. The maximum Gasteiger partial charge on any atom is 0.416 e. The van der Waals surface area contributed by atoms with Crippen LogP contribution < -0.4 is 10.6 Å². The fourth-order valence-corrected chi connectivity index (χ4v) is 2.27. The van der Waals surface area contributed by atoms with E-state index in [4.69, 9.17) is 0 Å². The molecule has 0 fully saturated rings. The van der Waals surface area contributed by atoms with Crippen molar-refractivity contribution in [1.82, 2.24) is 0 Å². The van der Waals surface area contributed by atoms with Crippen molar-refractivity contribution in [2.45, 2.75) is 25.2 Å². The molecular weight excluding hydrogens is 358 g/mol. The average molecular weight is 376 g/mol. The molecule has 0 atom stereocenters. The zero-order valence-corrected chi connectivity index (χ0v) is 13.7. The van der Waals surface area contributed by atoms with Crippen LogP contribution in [-0.4, -0.2) is 13.1 Å². The van der Waals surface area contributed by atoms with Gasteiger partial charge >= 0.3 is 12.4 Å². The van der Waals surface area contributed by atoms with Gasteiger partial charge in [-0.1, -0.05) is 0 Å². The highest BCUT2D eigenvalue weighted by Gasteiger charge is 2.30. The van der Waals surface area contributed by atoms with Crippen molar-refractivity contribution >= 4 is 11.4 Å². The van der Waals surface area contributed by atoms with Crippen molar-refractivity contribution in [2.24, 2.45) is 0 Å². The third-order valence-electron chi connectivity index (χ3n) is 3.69. The molecule has 0 aromatic heterocycles. The van der Waals surface area contributed by atoms with E-state index < -0.39 is 23.5 Å². The first-order chi connectivity index (χ1) is 12.2. The van der Waals surface area contributed by atoms with Gasteiger partial charge in [-0.3, -0.25) is 0 Å². The molecule has 2 N–H and O–H groups in total. The summed E-state index contributed by atoms with van der Waals surface area (Å²) in [6, 6.07) is 9.60. The van der Waals surface area contributed by atoms with Crippen LogP contribution in [-0.2, 0) is 12.4 Å². The Morgan fingerprint density at radius 2 is 0.846 bits per heavy atom. The van der Waals surface area contributed by atoms with Gasteiger partial charge in [0.25, 0.3) is 0 Å². The Morgan fingerprint density at radius 1 is 0.538 bits per heavy atom. The van der Waals surface area contributed by atoms with Gasteiger partial charge in [-0.15, -0.1) is 0 Å². The summed E-state index contributed by atoms with van der Waals surface area (Å²) in [5.41, 5.74) is -0.171. The second-order valence-electron chi connectivity index (χ2n) is 5.71. The Kier molecular flexibility index (Phi) is 6.39. The van der Waals surface area contributed by atoms with Crippen LogP contribution in [0, 0.1) is 0 Å². The quantitative estimate of drug-likeness (QED) is 0.456. The number of hydrogen-bond acceptors (Lipinski definition) is 2. The molecule has 0 unspecified atom stereocenters. The molecule has 142 valence electrons. The highest BCUT2D eigenvalue weighted by Crippen LogP contribution is 2.30. The van der Waals surface area contributed by atoms with Crippen molar-refractivity contribution in [3.8, 4) is 0 Å². The fourth-order valence-electron chi connectivity index (χ4n) is 2.27. The van der Waals surface area contributed by atoms with E-state index in [9.17, 15) is 26.3 Å². The molecule has 0 radical (unpaired) electrons. The van der Waals surface area contributed by atoms with Gasteiger partial charge in [-0.25, -0.2) is 0 Å². The van der Waals surface area contributed by atoms with Crippen LogP contribution in [0.3, 0.4) is 0 Å². The normalized spacial score (nSPS) is 12.1. The molecular formula is C18H18F6N2. The summed E-state index contributed by atoms with van der Waals surface area (Å²) < 4.78 is 74.7. The smallest absolute Gasteiger partial charge is 0.385 e. The number of rotatable bonds is 7. The molecule has 0 aliphatic carbocycles. The molecule has 2 aromatic rings. The second kappa shape index (κ2) is 8.33. The van der Waals surface area contributed by atoms with Crippen LogP contribution in [0.2, 0.25) is 0 Å². The molecule has 2 aromatic carbocycles. The van der Waals surface area contributed by atoms with Crippen LogP contribution in [0.5, 0.6) is 0 Å². The van der Waals surface area contributed by atoms with Crippen molar-refractivity contribution in [2.75, 3.05) is 23.7 Å². The molecule has 0 saturated carbocycles. The van der Waals surface area contributed by atoms with Crippen LogP contribution in [0.4, 0.5) is 37.7 Å². The molecule has 0 bridgehead atoms. The monoisotopic (exact) mass is 376 g/mol. The molecule has 8 heteroatoms. The van der Waals surface area contributed by atoms with E-state index in [0.717, 1.165) is 37.1 Å². The first-order valence-corrected chi connectivity index (χ1v) is 7.98. The SMILES string of the molecule is FC(F)(F)c1ccc(NCCCCNc2ccc(C(F)(F)F)cc2)cc1. The topological polar surface area (TPSA) is 24.1 Å². The zero-order chi connectivity index (χ0) is 19.2. The van der Waals surface area contributed by atoms with Crippen LogP contribution >= 0.6 is 0 Å². The Hall–Kier alpha value is -2.38. The first-order valence-electron chi connectivity index (χ1n) is 7.98. The molecule has 0 aliphatic rings. The third kappa shape index (κ3) is 6.16. The van der Waals surface area contributed by atoms with Gasteiger partial charge in [0.05, 0.1) is 11.1 Å². The minimum absolute atomic E-state index is 0.583. The van der Waals surface area contributed by atoms with Gasteiger partial charge in [0.1, 0.15) is 0 Å². The predicted octanol–water partition coefficient (Wildman–Crippen LogP) is 6.03. The number of nitrogens with one attached hydrogen (secondary N) is 2. The summed E-state index contributed by atoms with van der Waals surface area (Å²) >= 11 is 0. The molecule has 0 amide bonds. The lowest BCUT2D eigenvalue weighted by molar-refractivity contribution is -0.138. The van der Waals surface area contributed by atoms with Crippen LogP contribution in [0.1, 0.15) is 24.0 Å². The van der Waals surface area contributed by atoms with Gasteiger partial charge < -0.3 is 10.6 Å². The molecule has 2 rings (SSSR count). The minimum Gasteiger partial charge on any atom is -0.385 e. The largest absolute Gasteiger partial charge is 0.416 e. The number of benzene rings is 2. The number of halogens is 6. The van der Waals surface area contributed by atoms with E-state index in [0.29, 0.717) is 24.5 Å². The number of unbranched alkanes of at least 4 members (excludes halogenated alkanes) is 1. The summed E-state index contributed by atoms with van der Waals surface area (Å²) in [7, 11) is 0. The number of hydrogen-bond donors (Lipinski definition) is 2. The minimum atomic E-state index is -4.34. The van der Waals surface area contributed by atoms with Crippen molar-refractivity contribution in [3.63, 3.8) is 0 Å². The lowest BCUT2D eigenvalue weighted by Crippen LogP contribution is -2.08. The lowest BCUT2D eigenvalue weighted by Gasteiger charge is -2.11. The summed E-state index contributed by atoms with van der Waals surface area (Å²) in [6.07, 6.45) is -7.17. The van der Waals surface area contributed by atoms with Gasteiger partial charge in [-0.05, 0) is 61.4 Å². The lowest BCUT2D eigenvalue weighted by atomic mass is 10.2. The zero-order valence-electron chi connectivity index (χ0n) is 13.7. The van der Waals surface area contributed by atoms with Gasteiger partial charge in [0.2, 0.25) is 0 Å². The highest BCUT2D eigenvalue weighted by atomic mass is 19.4. The van der Waals surface area contributed by atoms with Crippen molar-refractivity contribution < 1.29 is 26.3 Å². The predicted molar refractivity (Wildman–Crippen MR) is 89.1 cm³/mol. The molecule has 0 aliphatic heterocycles. The van der Waals surface area contributed by atoms with E-state index in [2.05, 4.69) is 10.6 Å². The van der Waals surface area contributed by atoms with Crippen LogP contribution in [0.15, 0.2) is 48.5 Å². The van der Waals surface area contributed by atoms with Gasteiger partial charge in [0.15, 0.2) is 0 Å². The average Bonchev–Trinajstić information content (AvgIpc) is 2.57. The standard InChI is InChI=1S/C18H18F6N2/c19-17(20,21)13-3-7-15(8-4-13)25-11-1-2-12-26-16-9-5-14(6-10-16)18(22,23)24/h3-10,25-26H,1-2,11-12H2. The number of anilines is 2. The van der Waals surface area contributed by atoms with Crippen molar-refractivity contribution in [3.05, 3.63) is 59.7 Å². The highest BCUT2D eigenvalue weighted by molar-refractivity contribution is 5.46. The second-order valence-corrected chi connectivity index (χ2v) is 5.71. The molecule has 0 heterocycles. The molecule has 0 spiro atoms. The van der Waals surface area contributed by atoms with E-state index >= 15 is 0 Å². The maximum absolute atomic E-state index is 12.4. The van der Waals surface area contributed by atoms with E-state index in [-0.39, 0.29) is 0 Å². The van der Waals surface area contributed by atoms with E-state index in [1.165, 1.54) is 24.3 Å². The summed E-state index contributed by atoms with van der Waals surface area (Å²) in [4.78, 5) is 0. The van der Waals surface area contributed by atoms with Crippen LogP contribution in [0.25, 0.3) is 0 Å². The van der Waals surface area contributed by atoms with Gasteiger partial charge in [0, 0.05) is 24.5 Å². The third-order valence-corrected chi connectivity index (χ3v) is 3.69. The fraction of sp³-hybridized carbons (Fsp3) is 0.333. The Morgan fingerprint density at radius 3 is 1.12 bits per heavy atom. The van der Waals surface area contributed by atoms with Crippen molar-refractivity contribution in [1.29, 1.82) is 0 Å². The van der Waals surface area contributed by atoms with E-state index in [1.807, 2.05) is 0 Å². The summed E-state index contributed by atoms with van der Waals surface area (Å²) in [5.74, 6) is 0. The Balaban J connectivity index is 1.65. The number of alkyl halides is 6. The molecule has 0 saturated heterocycles. The summed E-state index contributed by atoms with van der Waals surface area (Å²) in [6.45, 7) is 1.17. The molecule has 26 heavy (non-hydrogen) atoms. The van der Waals surface area contributed by atoms with E-state index in [1.54, 1.807) is 0 Å².